The molecule has 3 saturated carbocycles. The van der Waals surface area contributed by atoms with Crippen LogP contribution in [0.2, 0.25) is 0 Å². The summed E-state index contributed by atoms with van der Waals surface area (Å²) in [6.45, 7) is 5.48. The molecule has 0 radical (unpaired) electrons. The smallest absolute Gasteiger partial charge is 0.408 e. The number of carbonyl (C=O) groups is 1. The van der Waals surface area contributed by atoms with Crippen LogP contribution in [-0.4, -0.2) is 34.0 Å². The van der Waals surface area contributed by atoms with Gasteiger partial charge < -0.3 is 20.9 Å². The molecule has 6 heteroatoms. The fraction of sp³-hybridized carbons (Fsp3) is 0.923. The van der Waals surface area contributed by atoms with Gasteiger partial charge in [0, 0.05) is 5.54 Å². The first-order valence-corrected chi connectivity index (χ1v) is 6.62. The number of hydrogen-bond acceptors (Lipinski definition) is 4. The van der Waals surface area contributed by atoms with Crippen LogP contribution in [0.1, 0.15) is 52.9 Å². The second kappa shape index (κ2) is 5.11. The number of amides is 1. The molecule has 1 amide bonds. The highest BCUT2D eigenvalue weighted by Crippen LogP contribution is 2.45. The first-order valence-electron chi connectivity index (χ1n) is 6.62. The summed E-state index contributed by atoms with van der Waals surface area (Å²) in [5, 5.41) is 13.1. The second-order valence-corrected chi connectivity index (χ2v) is 6.87. The van der Waals surface area contributed by atoms with Gasteiger partial charge in [-0.05, 0) is 52.9 Å². The van der Waals surface area contributed by atoms with E-state index in [9.17, 15) is 9.90 Å². The van der Waals surface area contributed by atoms with Crippen molar-refractivity contribution in [1.29, 1.82) is 0 Å². The van der Waals surface area contributed by atoms with Gasteiger partial charge in [0.2, 0.25) is 0 Å². The van der Waals surface area contributed by atoms with Gasteiger partial charge in [-0.2, -0.15) is 0 Å². The molecule has 3 fully saturated rings. The monoisotopic (exact) mass is 292 g/mol. The van der Waals surface area contributed by atoms with Gasteiger partial charge in [0.1, 0.15) is 5.60 Å². The number of fused-ring (bicyclic) bond motifs is 3. The number of nitrogens with two attached hydrogens (primary N) is 1. The zero-order valence-corrected chi connectivity index (χ0v) is 12.7. The van der Waals surface area contributed by atoms with Crippen LogP contribution in [-0.2, 0) is 4.74 Å². The molecular weight excluding hydrogens is 268 g/mol. The minimum atomic E-state index is -0.572. The number of aliphatic hydroxyl groups excluding tert-OH is 1. The van der Waals surface area contributed by atoms with Crippen LogP contribution in [0, 0.1) is 0 Å². The number of nitrogens with one attached hydrogen (secondary N) is 1. The van der Waals surface area contributed by atoms with Crippen molar-refractivity contribution in [2.75, 3.05) is 0 Å². The third-order valence-electron chi connectivity index (χ3n) is 4.13. The van der Waals surface area contributed by atoms with Crippen LogP contribution in [0.4, 0.5) is 4.79 Å². The van der Waals surface area contributed by atoms with Crippen molar-refractivity contribution in [3.05, 3.63) is 0 Å². The maximum absolute atomic E-state index is 11.9. The van der Waals surface area contributed by atoms with Gasteiger partial charge in [-0.1, -0.05) is 0 Å². The highest BCUT2D eigenvalue weighted by molar-refractivity contribution is 5.85. The largest absolute Gasteiger partial charge is 0.444 e. The van der Waals surface area contributed by atoms with E-state index in [1.807, 2.05) is 20.8 Å². The van der Waals surface area contributed by atoms with Crippen molar-refractivity contribution in [2.45, 2.75) is 75.7 Å². The van der Waals surface area contributed by atoms with Gasteiger partial charge in [-0.15, -0.1) is 12.4 Å². The van der Waals surface area contributed by atoms with Gasteiger partial charge in [-0.3, -0.25) is 0 Å². The Labute approximate surface area is 120 Å². The summed E-state index contributed by atoms with van der Waals surface area (Å²) in [4.78, 5) is 11.9. The van der Waals surface area contributed by atoms with Crippen LogP contribution >= 0.6 is 12.4 Å². The Kier molecular flexibility index (Phi) is 4.45. The van der Waals surface area contributed by atoms with Gasteiger partial charge in [-0.25, -0.2) is 4.79 Å². The minimum absolute atomic E-state index is 0. The molecule has 3 aliphatic carbocycles. The van der Waals surface area contributed by atoms with E-state index in [0.29, 0.717) is 6.42 Å². The van der Waals surface area contributed by atoms with Gasteiger partial charge in [0.15, 0.2) is 0 Å². The lowest BCUT2D eigenvalue weighted by Crippen LogP contribution is -2.68. The van der Waals surface area contributed by atoms with E-state index in [4.69, 9.17) is 10.5 Å². The molecule has 0 spiro atoms. The molecule has 4 N–H and O–H groups in total. The number of hydrogen-bond donors (Lipinski definition) is 3. The molecule has 0 unspecified atom stereocenters. The molecular formula is C13H25ClN2O3. The highest BCUT2D eigenvalue weighted by atomic mass is 35.5. The topological polar surface area (TPSA) is 84.6 Å². The third-order valence-corrected chi connectivity index (χ3v) is 4.13. The lowest BCUT2D eigenvalue weighted by atomic mass is 9.60. The average Bonchev–Trinajstić information content (AvgIpc) is 2.17. The Morgan fingerprint density at radius 1 is 1.32 bits per heavy atom. The second-order valence-electron chi connectivity index (χ2n) is 6.87. The summed E-state index contributed by atoms with van der Waals surface area (Å²) in [6, 6.07) is 0. The number of alkyl carbamates (subject to hydrolysis) is 1. The number of carbonyl (C=O) groups excluding carboxylic acids is 1. The Hall–Kier alpha value is -0.520. The van der Waals surface area contributed by atoms with Crippen molar-refractivity contribution in [1.82, 2.24) is 5.32 Å². The normalized spacial score (nSPS) is 37.4. The van der Waals surface area contributed by atoms with Gasteiger partial charge in [0.05, 0.1) is 11.6 Å². The lowest BCUT2D eigenvalue weighted by molar-refractivity contribution is -0.0539. The molecule has 19 heavy (non-hydrogen) atoms. The summed E-state index contributed by atoms with van der Waals surface area (Å²) in [5.41, 5.74) is 4.88. The van der Waals surface area contributed by atoms with E-state index in [1.165, 1.54) is 0 Å². The van der Waals surface area contributed by atoms with E-state index < -0.39 is 23.3 Å². The predicted octanol–water partition coefficient (Wildman–Crippen LogP) is 1.71. The van der Waals surface area contributed by atoms with E-state index >= 15 is 0 Å². The Bertz CT molecular complexity index is 346. The summed E-state index contributed by atoms with van der Waals surface area (Å²) >= 11 is 0. The molecule has 2 bridgehead atoms. The molecule has 0 aromatic carbocycles. The molecule has 0 aromatic heterocycles. The molecule has 3 aliphatic rings. The average molecular weight is 293 g/mol. The molecule has 0 heterocycles. The quantitative estimate of drug-likeness (QED) is 0.687. The van der Waals surface area contributed by atoms with E-state index in [-0.39, 0.29) is 17.9 Å². The van der Waals surface area contributed by atoms with Crippen LogP contribution in [0.5, 0.6) is 0 Å². The molecule has 0 saturated heterocycles. The van der Waals surface area contributed by atoms with Gasteiger partial charge >= 0.3 is 6.09 Å². The predicted molar refractivity (Wildman–Crippen MR) is 75.4 cm³/mol. The third kappa shape index (κ3) is 3.52. The molecule has 0 aromatic rings. The summed E-state index contributed by atoms with van der Waals surface area (Å²) in [6.07, 6.45) is 2.68. The molecule has 5 nitrogen and oxygen atoms in total. The molecule has 0 aliphatic heterocycles. The first kappa shape index (κ1) is 16.5. The maximum Gasteiger partial charge on any atom is 0.408 e. The highest BCUT2D eigenvalue weighted by Gasteiger charge is 2.53. The molecule has 3 rings (SSSR count). The van der Waals surface area contributed by atoms with Crippen LogP contribution in [0.3, 0.4) is 0 Å². The zero-order valence-electron chi connectivity index (χ0n) is 11.9. The van der Waals surface area contributed by atoms with Crippen molar-refractivity contribution >= 4 is 18.5 Å². The zero-order chi connectivity index (χ0) is 13.6. The fourth-order valence-electron chi connectivity index (χ4n) is 3.03. The maximum atomic E-state index is 11.9. The first-order chi connectivity index (χ1) is 8.14. The van der Waals surface area contributed by atoms with Crippen LogP contribution in [0.25, 0.3) is 0 Å². The van der Waals surface area contributed by atoms with E-state index in [1.54, 1.807) is 0 Å². The number of ether oxygens (including phenoxy) is 1. The van der Waals surface area contributed by atoms with Crippen molar-refractivity contribution < 1.29 is 14.6 Å². The lowest BCUT2D eigenvalue weighted by Gasteiger charge is -2.54. The minimum Gasteiger partial charge on any atom is -0.444 e. The summed E-state index contributed by atoms with van der Waals surface area (Å²) in [5.74, 6) is 0. The van der Waals surface area contributed by atoms with E-state index in [2.05, 4.69) is 5.32 Å². The van der Waals surface area contributed by atoms with Crippen molar-refractivity contribution in [3.8, 4) is 0 Å². The molecule has 1 atom stereocenters. The summed E-state index contributed by atoms with van der Waals surface area (Å²) < 4.78 is 5.27. The SMILES string of the molecule is CC(C)(C)OC(=O)NC12CCC(N)(CC1)C[C@@H]2O.Cl. The fourth-order valence-corrected chi connectivity index (χ4v) is 3.03. The summed E-state index contributed by atoms with van der Waals surface area (Å²) in [7, 11) is 0. The van der Waals surface area contributed by atoms with Crippen molar-refractivity contribution in [2.24, 2.45) is 5.73 Å². The Morgan fingerprint density at radius 2 is 1.84 bits per heavy atom. The van der Waals surface area contributed by atoms with E-state index in [0.717, 1.165) is 25.7 Å². The van der Waals surface area contributed by atoms with Crippen LogP contribution in [0.15, 0.2) is 0 Å². The number of rotatable bonds is 1. The number of aliphatic hydroxyl groups is 1. The number of halogens is 1. The Balaban J connectivity index is 0.00000180. The molecule has 112 valence electrons. The van der Waals surface area contributed by atoms with Crippen molar-refractivity contribution in [3.63, 3.8) is 0 Å². The van der Waals surface area contributed by atoms with Crippen LogP contribution < -0.4 is 11.1 Å². The Morgan fingerprint density at radius 3 is 2.26 bits per heavy atom. The van der Waals surface area contributed by atoms with Gasteiger partial charge in [0.25, 0.3) is 0 Å². The standard InChI is InChI=1S/C13H24N2O3.ClH/c1-11(2,3)18-10(17)15-13-6-4-12(14,5-7-13)8-9(13)16;/h9,16H,4-8,14H2,1-3H3,(H,15,17);1H/t9-,12?,13?;/m0./s1.